The number of benzene rings is 3. The number of rotatable bonds is 4. The molecule has 7 rings (SSSR count). The lowest BCUT2D eigenvalue weighted by atomic mass is 10.0. The van der Waals surface area contributed by atoms with Gasteiger partial charge in [-0.3, -0.25) is 9.97 Å². The third kappa shape index (κ3) is 4.34. The molecule has 0 aliphatic heterocycles. The molecular formula is C34H27N3SSi. The second-order valence-electron chi connectivity index (χ2n) is 11.0. The van der Waals surface area contributed by atoms with Gasteiger partial charge in [-0.2, -0.15) is 0 Å². The Morgan fingerprint density at radius 3 is 2.18 bits per heavy atom. The summed E-state index contributed by atoms with van der Waals surface area (Å²) in [5.74, 6) is 0. The molecule has 0 aliphatic carbocycles. The van der Waals surface area contributed by atoms with Crippen molar-refractivity contribution < 1.29 is 0 Å². The van der Waals surface area contributed by atoms with Crippen LogP contribution in [0.5, 0.6) is 0 Å². The summed E-state index contributed by atoms with van der Waals surface area (Å²) in [5, 5.41) is 5.04. The van der Waals surface area contributed by atoms with E-state index in [2.05, 4.69) is 110 Å². The van der Waals surface area contributed by atoms with Gasteiger partial charge in [0.2, 0.25) is 0 Å². The minimum absolute atomic E-state index is 0.967. The van der Waals surface area contributed by atoms with Crippen molar-refractivity contribution in [3.05, 3.63) is 110 Å². The molecule has 5 heteroatoms. The molecule has 0 saturated carbocycles. The Kier molecular flexibility index (Phi) is 5.65. The summed E-state index contributed by atoms with van der Waals surface area (Å²) in [6.45, 7) is 7.14. The van der Waals surface area contributed by atoms with Gasteiger partial charge in [-0.25, -0.2) is 4.98 Å². The first-order valence-electron chi connectivity index (χ1n) is 13.2. The van der Waals surface area contributed by atoms with Crippen LogP contribution in [0.15, 0.2) is 110 Å². The summed E-state index contributed by atoms with van der Waals surface area (Å²) in [4.78, 5) is 15.3. The highest BCUT2D eigenvalue weighted by Crippen LogP contribution is 2.38. The summed E-state index contributed by atoms with van der Waals surface area (Å²) < 4.78 is 1.23. The van der Waals surface area contributed by atoms with Gasteiger partial charge in [0.15, 0.2) is 0 Å². The highest BCUT2D eigenvalue weighted by atomic mass is 32.1. The van der Waals surface area contributed by atoms with Crippen molar-refractivity contribution >= 4 is 55.8 Å². The molecule has 188 valence electrons. The van der Waals surface area contributed by atoms with Gasteiger partial charge >= 0.3 is 0 Å². The van der Waals surface area contributed by atoms with Gasteiger partial charge in [-0.1, -0.05) is 85.5 Å². The highest BCUT2D eigenvalue weighted by Gasteiger charge is 2.16. The summed E-state index contributed by atoms with van der Waals surface area (Å²) in [6, 6.07) is 32.6. The van der Waals surface area contributed by atoms with Crippen molar-refractivity contribution in [2.75, 3.05) is 0 Å². The lowest BCUT2D eigenvalue weighted by Gasteiger charge is -2.16. The van der Waals surface area contributed by atoms with Crippen LogP contribution in [0, 0.1) is 0 Å². The standard InChI is InChI=1S/C34H27N3SSi/c1-39(2,3)27-14-11-22(12-15-27)23-9-10-24-18-26(21-37-32(24)19-23)25-13-16-31(36-20-25)30-7-4-6-28-29-8-5-17-35-34(29)38-33(28)30/h4-21H,1-3H3. The normalized spacial score (nSPS) is 12.0. The quantitative estimate of drug-likeness (QED) is 0.210. The van der Waals surface area contributed by atoms with Crippen LogP contribution in [0.4, 0.5) is 0 Å². The van der Waals surface area contributed by atoms with Crippen molar-refractivity contribution in [1.82, 2.24) is 15.0 Å². The van der Waals surface area contributed by atoms with Crippen LogP contribution >= 0.6 is 11.3 Å². The van der Waals surface area contributed by atoms with Crippen LogP contribution in [0.3, 0.4) is 0 Å². The minimum Gasteiger partial charge on any atom is -0.256 e. The summed E-state index contributed by atoms with van der Waals surface area (Å²) in [6.07, 6.45) is 5.76. The van der Waals surface area contributed by atoms with Gasteiger partial charge in [0, 0.05) is 56.1 Å². The van der Waals surface area contributed by atoms with Crippen molar-refractivity contribution in [1.29, 1.82) is 0 Å². The maximum atomic E-state index is 4.87. The van der Waals surface area contributed by atoms with E-state index in [4.69, 9.17) is 9.97 Å². The highest BCUT2D eigenvalue weighted by molar-refractivity contribution is 7.26. The van der Waals surface area contributed by atoms with Crippen LogP contribution in [0.1, 0.15) is 0 Å². The van der Waals surface area contributed by atoms with Gasteiger partial charge in [-0.05, 0) is 41.5 Å². The average Bonchev–Trinajstić information content (AvgIpc) is 3.35. The first-order valence-corrected chi connectivity index (χ1v) is 17.5. The monoisotopic (exact) mass is 537 g/mol. The van der Waals surface area contributed by atoms with E-state index in [9.17, 15) is 0 Å². The molecule has 0 atom stereocenters. The molecule has 0 aliphatic rings. The van der Waals surface area contributed by atoms with E-state index in [1.54, 1.807) is 11.3 Å². The van der Waals surface area contributed by atoms with Gasteiger partial charge < -0.3 is 0 Å². The zero-order valence-electron chi connectivity index (χ0n) is 22.1. The van der Waals surface area contributed by atoms with E-state index in [0.717, 1.165) is 38.1 Å². The fraction of sp³-hybridized carbons (Fsp3) is 0.0882. The molecule has 3 aromatic carbocycles. The zero-order chi connectivity index (χ0) is 26.6. The SMILES string of the molecule is C[Si](C)(C)c1ccc(-c2ccc3cc(-c4ccc(-c5cccc6c5sc5ncccc56)nc4)cnc3c2)cc1. The second-order valence-corrected chi connectivity index (χ2v) is 17.1. The number of pyridine rings is 3. The molecule has 0 radical (unpaired) electrons. The topological polar surface area (TPSA) is 38.7 Å². The van der Waals surface area contributed by atoms with Crippen molar-refractivity contribution in [2.24, 2.45) is 0 Å². The molecule has 4 heterocycles. The fourth-order valence-electron chi connectivity index (χ4n) is 5.18. The molecule has 0 fully saturated rings. The van der Waals surface area contributed by atoms with E-state index >= 15 is 0 Å². The van der Waals surface area contributed by atoms with Crippen LogP contribution in [0.25, 0.3) is 64.7 Å². The van der Waals surface area contributed by atoms with E-state index in [1.807, 2.05) is 24.7 Å². The average molecular weight is 538 g/mol. The van der Waals surface area contributed by atoms with Crippen LogP contribution in [-0.2, 0) is 0 Å². The lowest BCUT2D eigenvalue weighted by molar-refractivity contribution is 1.32. The Labute approximate surface area is 232 Å². The molecule has 39 heavy (non-hydrogen) atoms. The molecule has 4 aromatic heterocycles. The number of fused-ring (bicyclic) bond motifs is 4. The Balaban J connectivity index is 1.19. The van der Waals surface area contributed by atoms with Crippen LogP contribution in [0.2, 0.25) is 19.6 Å². The van der Waals surface area contributed by atoms with Gasteiger partial charge in [-0.15, -0.1) is 11.3 Å². The smallest absolute Gasteiger partial charge is 0.124 e. The Hall–Kier alpha value is -4.19. The maximum Gasteiger partial charge on any atom is 0.124 e. The first-order chi connectivity index (χ1) is 18.9. The molecule has 3 nitrogen and oxygen atoms in total. The summed E-state index contributed by atoms with van der Waals surface area (Å²) in [5.41, 5.74) is 7.66. The van der Waals surface area contributed by atoms with Crippen molar-refractivity contribution in [3.8, 4) is 33.5 Å². The molecule has 0 amide bonds. The van der Waals surface area contributed by atoms with E-state index in [0.29, 0.717) is 0 Å². The van der Waals surface area contributed by atoms with Crippen LogP contribution in [-0.4, -0.2) is 23.0 Å². The summed E-state index contributed by atoms with van der Waals surface area (Å²) in [7, 11) is -1.30. The predicted octanol–water partition coefficient (Wildman–Crippen LogP) is 8.94. The molecule has 0 N–H and O–H groups in total. The van der Waals surface area contributed by atoms with Gasteiger partial charge in [0.1, 0.15) is 4.83 Å². The maximum absolute atomic E-state index is 4.87. The lowest BCUT2D eigenvalue weighted by Crippen LogP contribution is -2.37. The molecule has 0 bridgehead atoms. The van der Waals surface area contributed by atoms with Crippen LogP contribution < -0.4 is 5.19 Å². The second kappa shape index (κ2) is 9.22. The Bertz CT molecular complexity index is 1990. The third-order valence-electron chi connectivity index (χ3n) is 7.42. The first kappa shape index (κ1) is 23.9. The number of aromatic nitrogens is 3. The molecular weight excluding hydrogens is 511 g/mol. The molecule has 7 aromatic rings. The minimum atomic E-state index is -1.30. The number of thiophene rings is 1. The Morgan fingerprint density at radius 1 is 0.615 bits per heavy atom. The van der Waals surface area contributed by atoms with E-state index < -0.39 is 8.07 Å². The van der Waals surface area contributed by atoms with E-state index in [-0.39, 0.29) is 0 Å². The molecule has 0 unspecified atom stereocenters. The third-order valence-corrected chi connectivity index (χ3v) is 10.6. The molecule has 0 spiro atoms. The largest absolute Gasteiger partial charge is 0.256 e. The van der Waals surface area contributed by atoms with Crippen molar-refractivity contribution in [3.63, 3.8) is 0 Å². The Morgan fingerprint density at radius 2 is 1.38 bits per heavy atom. The zero-order valence-corrected chi connectivity index (χ0v) is 24.0. The van der Waals surface area contributed by atoms with Crippen molar-refractivity contribution in [2.45, 2.75) is 19.6 Å². The number of hydrogen-bond donors (Lipinski definition) is 0. The van der Waals surface area contributed by atoms with E-state index in [1.165, 1.54) is 31.8 Å². The number of nitrogens with zero attached hydrogens (tertiary/aromatic N) is 3. The van der Waals surface area contributed by atoms with Gasteiger partial charge in [0.25, 0.3) is 0 Å². The number of hydrogen-bond acceptors (Lipinski definition) is 4. The van der Waals surface area contributed by atoms with Gasteiger partial charge in [0.05, 0.1) is 19.3 Å². The fourth-order valence-corrected chi connectivity index (χ4v) is 7.51. The summed E-state index contributed by atoms with van der Waals surface area (Å²) >= 11 is 1.73. The molecule has 0 saturated heterocycles. The predicted molar refractivity (Wildman–Crippen MR) is 170 cm³/mol.